The third kappa shape index (κ3) is 4.51. The summed E-state index contributed by atoms with van der Waals surface area (Å²) >= 11 is 10.9. The predicted octanol–water partition coefficient (Wildman–Crippen LogP) is 4.19. The Hall–Kier alpha value is -1.98. The van der Waals surface area contributed by atoms with Gasteiger partial charge in [0.25, 0.3) is 0 Å². The van der Waals surface area contributed by atoms with E-state index in [1.165, 1.54) is 6.07 Å². The number of thiocarbonyl (C=S) groups is 1. The summed E-state index contributed by atoms with van der Waals surface area (Å²) in [6.45, 7) is 1.84. The number of nitrogens with zero attached hydrogens (tertiary/aromatic N) is 1. The number of benzene rings is 2. The lowest BCUT2D eigenvalue weighted by Crippen LogP contribution is -2.25. The molecule has 21 heavy (non-hydrogen) atoms. The molecule has 0 saturated carbocycles. The molecule has 0 atom stereocenters. The second-order valence-corrected chi connectivity index (χ2v) is 5.09. The lowest BCUT2D eigenvalue weighted by molar-refractivity contribution is 0.632. The maximum Gasteiger partial charge on any atom is 0.191 e. The van der Waals surface area contributed by atoms with Crippen molar-refractivity contribution in [3.63, 3.8) is 0 Å². The van der Waals surface area contributed by atoms with Crippen molar-refractivity contribution >= 4 is 40.3 Å². The van der Waals surface area contributed by atoms with Crippen molar-refractivity contribution in [1.29, 1.82) is 0 Å². The molecule has 108 valence electrons. The molecule has 0 amide bonds. The van der Waals surface area contributed by atoms with E-state index in [9.17, 15) is 4.39 Å². The van der Waals surface area contributed by atoms with E-state index in [-0.39, 0.29) is 10.9 Å². The van der Waals surface area contributed by atoms with Gasteiger partial charge in [0.15, 0.2) is 5.11 Å². The van der Waals surface area contributed by atoms with E-state index in [1.54, 1.807) is 30.3 Å². The molecule has 2 N–H and O–H groups in total. The smallest absolute Gasteiger partial charge is 0.191 e. The largest absolute Gasteiger partial charge is 0.329 e. The molecular weight excluding hydrogens is 309 g/mol. The molecule has 0 saturated heterocycles. The van der Waals surface area contributed by atoms with E-state index in [0.717, 1.165) is 11.3 Å². The Kier molecular flexibility index (Phi) is 5.25. The van der Waals surface area contributed by atoms with Gasteiger partial charge in [0.2, 0.25) is 0 Å². The van der Waals surface area contributed by atoms with Gasteiger partial charge in [0, 0.05) is 5.02 Å². The molecule has 3 nitrogen and oxygen atoms in total. The fourth-order valence-electron chi connectivity index (χ4n) is 1.60. The lowest BCUT2D eigenvalue weighted by atomic mass is 10.1. The second kappa shape index (κ2) is 7.15. The highest BCUT2D eigenvalue weighted by molar-refractivity contribution is 7.80. The topological polar surface area (TPSA) is 36.4 Å². The van der Waals surface area contributed by atoms with Gasteiger partial charge in [-0.25, -0.2) is 4.39 Å². The average molecular weight is 322 g/mol. The van der Waals surface area contributed by atoms with E-state index < -0.39 is 0 Å². The minimum Gasteiger partial charge on any atom is -0.329 e. The average Bonchev–Trinajstić information content (AvgIpc) is 2.48. The summed E-state index contributed by atoms with van der Waals surface area (Å²) in [6.07, 6.45) is 0. The van der Waals surface area contributed by atoms with Gasteiger partial charge < -0.3 is 5.32 Å². The molecule has 0 radical (unpaired) electrons. The van der Waals surface area contributed by atoms with Crippen LogP contribution in [0.1, 0.15) is 12.5 Å². The van der Waals surface area contributed by atoms with Crippen molar-refractivity contribution < 1.29 is 4.39 Å². The highest BCUT2D eigenvalue weighted by atomic mass is 35.5. The maximum absolute atomic E-state index is 13.5. The quantitative estimate of drug-likeness (QED) is 0.505. The van der Waals surface area contributed by atoms with E-state index in [0.29, 0.717) is 10.7 Å². The Balaban J connectivity index is 1.98. The number of anilines is 1. The lowest BCUT2D eigenvalue weighted by Gasteiger charge is -2.08. The van der Waals surface area contributed by atoms with E-state index >= 15 is 0 Å². The first kappa shape index (κ1) is 15.4. The third-order valence-electron chi connectivity index (χ3n) is 2.71. The van der Waals surface area contributed by atoms with Crippen LogP contribution in [-0.2, 0) is 0 Å². The first-order chi connectivity index (χ1) is 10.1. The van der Waals surface area contributed by atoms with Crippen LogP contribution in [0, 0.1) is 5.82 Å². The summed E-state index contributed by atoms with van der Waals surface area (Å²) in [5, 5.41) is 7.77. The summed E-state index contributed by atoms with van der Waals surface area (Å²) < 4.78 is 13.5. The van der Waals surface area contributed by atoms with Crippen LogP contribution in [0.5, 0.6) is 0 Å². The molecule has 2 aromatic carbocycles. The molecule has 2 aromatic rings. The van der Waals surface area contributed by atoms with E-state index in [4.69, 9.17) is 23.8 Å². The molecule has 0 unspecified atom stereocenters. The summed E-state index contributed by atoms with van der Waals surface area (Å²) in [5.41, 5.74) is 4.64. The van der Waals surface area contributed by atoms with E-state index in [2.05, 4.69) is 15.8 Å². The van der Waals surface area contributed by atoms with Crippen LogP contribution in [0.15, 0.2) is 53.6 Å². The molecular formula is C15H13ClFN3S. The Morgan fingerprint density at radius 2 is 1.81 bits per heavy atom. The maximum atomic E-state index is 13.5. The van der Waals surface area contributed by atoms with Crippen molar-refractivity contribution in [1.82, 2.24) is 5.43 Å². The summed E-state index contributed by atoms with van der Waals surface area (Å²) in [7, 11) is 0. The Labute approximate surface area is 132 Å². The normalized spacial score (nSPS) is 11.1. The zero-order valence-electron chi connectivity index (χ0n) is 11.2. The molecule has 0 spiro atoms. The standard InChI is InChI=1S/C15H13ClFN3S/c1-10(11-6-8-12(16)9-7-11)19-20-15(21)18-14-5-3-2-4-13(14)17/h2-9H,1H3,(H2,18,20,21)/b19-10-. The van der Waals surface area contributed by atoms with Crippen molar-refractivity contribution in [2.75, 3.05) is 5.32 Å². The van der Waals surface area contributed by atoms with Crippen molar-refractivity contribution in [3.05, 3.63) is 64.9 Å². The molecule has 0 aliphatic heterocycles. The van der Waals surface area contributed by atoms with Crippen LogP contribution in [-0.4, -0.2) is 10.8 Å². The molecule has 2 rings (SSSR count). The van der Waals surface area contributed by atoms with Crippen LogP contribution in [0.3, 0.4) is 0 Å². The second-order valence-electron chi connectivity index (χ2n) is 4.25. The number of hydrogen-bond acceptors (Lipinski definition) is 2. The van der Waals surface area contributed by atoms with Crippen molar-refractivity contribution in [2.24, 2.45) is 5.10 Å². The molecule has 0 bridgehead atoms. The minimum absolute atomic E-state index is 0.216. The van der Waals surface area contributed by atoms with Crippen LogP contribution < -0.4 is 10.7 Å². The van der Waals surface area contributed by atoms with Gasteiger partial charge in [-0.3, -0.25) is 5.43 Å². The zero-order valence-corrected chi connectivity index (χ0v) is 12.8. The fourth-order valence-corrected chi connectivity index (χ4v) is 1.88. The van der Waals surface area contributed by atoms with Gasteiger partial charge in [-0.15, -0.1) is 0 Å². The molecule has 0 aromatic heterocycles. The SMILES string of the molecule is C/C(=N/NC(=S)Nc1ccccc1F)c1ccc(Cl)cc1. The summed E-state index contributed by atoms with van der Waals surface area (Å²) in [6, 6.07) is 13.6. The fraction of sp³-hybridized carbons (Fsp3) is 0.0667. The van der Waals surface area contributed by atoms with Crippen molar-refractivity contribution in [2.45, 2.75) is 6.92 Å². The highest BCUT2D eigenvalue weighted by Crippen LogP contribution is 2.12. The van der Waals surface area contributed by atoms with Gasteiger partial charge >= 0.3 is 0 Å². The molecule has 6 heteroatoms. The molecule has 0 aliphatic carbocycles. The van der Waals surface area contributed by atoms with Gasteiger partial charge in [-0.1, -0.05) is 35.9 Å². The first-order valence-corrected chi connectivity index (χ1v) is 6.96. The van der Waals surface area contributed by atoms with Crippen LogP contribution in [0.4, 0.5) is 10.1 Å². The Morgan fingerprint density at radius 3 is 2.48 bits per heavy atom. The number of hydrogen-bond donors (Lipinski definition) is 2. The van der Waals surface area contributed by atoms with Crippen LogP contribution in [0.25, 0.3) is 0 Å². The van der Waals surface area contributed by atoms with Gasteiger partial charge in [-0.2, -0.15) is 5.10 Å². The number of halogens is 2. The monoisotopic (exact) mass is 321 g/mol. The molecule has 0 fully saturated rings. The van der Waals surface area contributed by atoms with Crippen LogP contribution in [0.2, 0.25) is 5.02 Å². The van der Waals surface area contributed by atoms with E-state index in [1.807, 2.05) is 19.1 Å². The van der Waals surface area contributed by atoms with Gasteiger partial charge in [-0.05, 0) is 49.0 Å². The van der Waals surface area contributed by atoms with Crippen LogP contribution >= 0.6 is 23.8 Å². The molecule has 0 heterocycles. The highest BCUT2D eigenvalue weighted by Gasteiger charge is 2.02. The summed E-state index contributed by atoms with van der Waals surface area (Å²) in [5.74, 6) is -0.375. The zero-order chi connectivity index (χ0) is 15.2. The number of para-hydroxylation sites is 1. The van der Waals surface area contributed by atoms with Crippen molar-refractivity contribution in [3.8, 4) is 0 Å². The molecule has 0 aliphatic rings. The number of nitrogens with one attached hydrogen (secondary N) is 2. The number of hydrazone groups is 1. The number of rotatable bonds is 3. The minimum atomic E-state index is -0.375. The third-order valence-corrected chi connectivity index (χ3v) is 3.15. The Morgan fingerprint density at radius 1 is 1.14 bits per heavy atom. The predicted molar refractivity (Wildman–Crippen MR) is 89.4 cm³/mol. The summed E-state index contributed by atoms with van der Waals surface area (Å²) in [4.78, 5) is 0. The first-order valence-electron chi connectivity index (χ1n) is 6.18. The Bertz CT molecular complexity index is 671. The van der Waals surface area contributed by atoms with Gasteiger partial charge in [0.1, 0.15) is 5.82 Å². The van der Waals surface area contributed by atoms with Gasteiger partial charge in [0.05, 0.1) is 11.4 Å².